The van der Waals surface area contributed by atoms with Gasteiger partial charge in [-0.15, -0.1) is 0 Å². The molecule has 1 aliphatic rings. The van der Waals surface area contributed by atoms with E-state index in [2.05, 4.69) is 53.1 Å². The number of ether oxygens (including phenoxy) is 1. The summed E-state index contributed by atoms with van der Waals surface area (Å²) in [7, 11) is 1.74. The highest BCUT2D eigenvalue weighted by atomic mass is 16.6. The molecule has 8 nitrogen and oxygen atoms in total. The summed E-state index contributed by atoms with van der Waals surface area (Å²) >= 11 is 0. The number of rotatable bonds is 4. The van der Waals surface area contributed by atoms with Crippen molar-refractivity contribution in [2.24, 2.45) is 7.05 Å². The Morgan fingerprint density at radius 1 is 1.24 bits per heavy atom. The molecule has 0 radical (unpaired) electrons. The fourth-order valence-corrected chi connectivity index (χ4v) is 5.06. The topological polar surface area (TPSA) is 81.4 Å². The van der Waals surface area contributed by atoms with E-state index < -0.39 is 11.7 Å². The van der Waals surface area contributed by atoms with Gasteiger partial charge in [0.05, 0.1) is 0 Å². The summed E-state index contributed by atoms with van der Waals surface area (Å²) < 4.78 is 9.28. The lowest BCUT2D eigenvalue weighted by Crippen LogP contribution is -2.40. The third kappa shape index (κ3) is 4.67. The van der Waals surface area contributed by atoms with Crippen LogP contribution in [0, 0.1) is 6.92 Å². The predicted octanol–water partition coefficient (Wildman–Crippen LogP) is 5.07. The van der Waals surface area contributed by atoms with Gasteiger partial charge in [-0.2, -0.15) is 5.10 Å². The summed E-state index contributed by atoms with van der Waals surface area (Å²) in [5, 5.41) is 8.23. The zero-order valence-corrected chi connectivity index (χ0v) is 21.0. The van der Waals surface area contributed by atoms with Crippen molar-refractivity contribution in [3.63, 3.8) is 0 Å². The second-order valence-corrected chi connectivity index (χ2v) is 10.1. The lowest BCUT2D eigenvalue weighted by molar-refractivity contribution is 0.0635. The average Bonchev–Trinajstić information content (AvgIpc) is 3.28. The second kappa shape index (κ2) is 9.16. The van der Waals surface area contributed by atoms with Gasteiger partial charge in [0.15, 0.2) is 5.82 Å². The van der Waals surface area contributed by atoms with Crippen molar-refractivity contribution in [1.82, 2.24) is 19.2 Å². The van der Waals surface area contributed by atoms with Crippen LogP contribution in [0.5, 0.6) is 0 Å². The van der Waals surface area contributed by atoms with Crippen molar-refractivity contribution in [2.45, 2.75) is 65.5 Å². The number of benzene rings is 1. The first kappa shape index (κ1) is 23.9. The Morgan fingerprint density at radius 2 is 1.97 bits per heavy atom. The number of anilines is 1. The number of likely N-dealkylation sites (tertiary alicyclic amines) is 1. The molecule has 3 heterocycles. The van der Waals surface area contributed by atoms with E-state index in [-0.39, 0.29) is 17.6 Å². The molecule has 1 fully saturated rings. The van der Waals surface area contributed by atoms with E-state index >= 15 is 0 Å². The van der Waals surface area contributed by atoms with Gasteiger partial charge in [-0.25, -0.2) is 4.79 Å². The zero-order valence-electron chi connectivity index (χ0n) is 21.0. The monoisotopic (exact) mass is 465 g/mol. The molecule has 1 N–H and O–H groups in total. The number of hydrogen-bond acceptors (Lipinski definition) is 4. The van der Waals surface area contributed by atoms with Gasteiger partial charge < -0.3 is 14.2 Å². The molecule has 4 rings (SSSR count). The predicted molar refractivity (Wildman–Crippen MR) is 133 cm³/mol. The summed E-state index contributed by atoms with van der Waals surface area (Å²) in [5.74, 6) is 0.354. The number of fused-ring (bicyclic) bond motifs is 1. The second-order valence-electron chi connectivity index (χ2n) is 10.1. The zero-order chi connectivity index (χ0) is 24.6. The number of carbonyl (C=O) groups excluding carboxylic acids is 2. The van der Waals surface area contributed by atoms with E-state index in [9.17, 15) is 9.59 Å². The fourth-order valence-electron chi connectivity index (χ4n) is 5.06. The van der Waals surface area contributed by atoms with Gasteiger partial charge in [0.2, 0.25) is 0 Å². The van der Waals surface area contributed by atoms with Crippen LogP contribution in [0.4, 0.5) is 10.6 Å². The maximum atomic E-state index is 13.6. The third-order valence-corrected chi connectivity index (χ3v) is 6.36. The number of aryl methyl sites for hydroxylation is 3. The van der Waals surface area contributed by atoms with E-state index in [4.69, 9.17) is 4.74 Å². The molecule has 1 atom stereocenters. The van der Waals surface area contributed by atoms with Crippen LogP contribution in [-0.2, 0) is 18.3 Å². The molecule has 1 unspecified atom stereocenters. The number of nitrogens with zero attached hydrogens (tertiary/aromatic N) is 4. The molecule has 0 bridgehead atoms. The minimum absolute atomic E-state index is 0.124. The number of nitrogens with one attached hydrogen (secondary N) is 1. The average molecular weight is 466 g/mol. The molecule has 34 heavy (non-hydrogen) atoms. The summed E-state index contributed by atoms with van der Waals surface area (Å²) in [6, 6.07) is 8.51. The van der Waals surface area contributed by atoms with Crippen LogP contribution in [0.3, 0.4) is 0 Å². The Hall–Kier alpha value is -3.29. The fraction of sp³-hybridized carbons (Fsp3) is 0.500. The van der Waals surface area contributed by atoms with Gasteiger partial charge in [-0.05, 0) is 59.1 Å². The molecular weight excluding hydrogens is 430 g/mol. The van der Waals surface area contributed by atoms with Crippen LogP contribution < -0.4 is 5.32 Å². The van der Waals surface area contributed by atoms with Crippen LogP contribution in [0.25, 0.3) is 10.9 Å². The van der Waals surface area contributed by atoms with Gasteiger partial charge in [-0.1, -0.05) is 18.2 Å². The first-order chi connectivity index (χ1) is 16.1. The highest BCUT2D eigenvalue weighted by Crippen LogP contribution is 2.36. The van der Waals surface area contributed by atoms with E-state index in [0.29, 0.717) is 18.7 Å². The molecular formula is C26H35N5O3. The molecule has 8 heteroatoms. The van der Waals surface area contributed by atoms with Crippen LogP contribution in [0.1, 0.15) is 68.1 Å². The van der Waals surface area contributed by atoms with E-state index in [0.717, 1.165) is 19.4 Å². The maximum absolute atomic E-state index is 13.6. The first-order valence-electron chi connectivity index (χ1n) is 12.0. The quantitative estimate of drug-likeness (QED) is 0.583. The molecule has 1 saturated heterocycles. The Kier molecular flexibility index (Phi) is 6.43. The van der Waals surface area contributed by atoms with Crippen molar-refractivity contribution in [3.05, 3.63) is 47.3 Å². The lowest BCUT2D eigenvalue weighted by Gasteiger charge is -2.34. The number of para-hydroxylation sites is 1. The van der Waals surface area contributed by atoms with Gasteiger partial charge in [0, 0.05) is 55.4 Å². The molecule has 1 aromatic carbocycles. The minimum Gasteiger partial charge on any atom is -0.444 e. The highest BCUT2D eigenvalue weighted by molar-refractivity contribution is 6.01. The summed E-state index contributed by atoms with van der Waals surface area (Å²) in [5.41, 5.74) is 3.60. The Bertz CT molecular complexity index is 1220. The standard InChI is InChI=1S/C26H35N5O3/c1-7-31-21-13-9-8-12-19(21)17(2)22(31)18-11-10-14-30(15-18)24(32)20-16-29(6)28-23(20)27-25(33)34-26(3,4)5/h8-9,12-13,16,18H,7,10-11,14-15H2,1-6H3,(H,27,28,33). The summed E-state index contributed by atoms with van der Waals surface area (Å²) in [6.45, 7) is 12.0. The van der Waals surface area contributed by atoms with Crippen molar-refractivity contribution in [1.29, 1.82) is 0 Å². The Morgan fingerprint density at radius 3 is 2.68 bits per heavy atom. The SMILES string of the molecule is CCn1c(C2CCCN(C(=O)c3cn(C)nc3NC(=O)OC(C)(C)C)C2)c(C)c2ccccc21. The molecule has 3 aromatic rings. The molecule has 0 spiro atoms. The van der Waals surface area contributed by atoms with Gasteiger partial charge in [0.1, 0.15) is 11.2 Å². The van der Waals surface area contributed by atoms with E-state index in [1.807, 2.05) is 4.90 Å². The van der Waals surface area contributed by atoms with E-state index in [1.165, 1.54) is 22.2 Å². The smallest absolute Gasteiger partial charge is 0.413 e. The molecule has 2 amide bonds. The highest BCUT2D eigenvalue weighted by Gasteiger charge is 2.31. The first-order valence-corrected chi connectivity index (χ1v) is 12.0. The largest absolute Gasteiger partial charge is 0.444 e. The van der Waals surface area contributed by atoms with Crippen LogP contribution in [-0.4, -0.2) is 49.9 Å². The van der Waals surface area contributed by atoms with E-state index in [1.54, 1.807) is 38.7 Å². The number of hydrogen-bond donors (Lipinski definition) is 1. The summed E-state index contributed by atoms with van der Waals surface area (Å²) in [6.07, 6.45) is 3.00. The van der Waals surface area contributed by atoms with Crippen LogP contribution in [0.15, 0.2) is 30.5 Å². The maximum Gasteiger partial charge on any atom is 0.413 e. The number of aromatic nitrogens is 3. The van der Waals surface area contributed by atoms with Crippen molar-refractivity contribution >= 4 is 28.7 Å². The van der Waals surface area contributed by atoms with Crippen LogP contribution in [0.2, 0.25) is 0 Å². The Balaban J connectivity index is 1.59. The third-order valence-electron chi connectivity index (χ3n) is 6.36. The Labute approximate surface area is 200 Å². The number of amides is 2. The normalized spacial score (nSPS) is 16.6. The van der Waals surface area contributed by atoms with Crippen molar-refractivity contribution in [3.8, 4) is 0 Å². The molecule has 182 valence electrons. The van der Waals surface area contributed by atoms with Gasteiger partial charge >= 0.3 is 6.09 Å². The van der Waals surface area contributed by atoms with Gasteiger partial charge in [-0.3, -0.25) is 14.8 Å². The summed E-state index contributed by atoms with van der Waals surface area (Å²) in [4.78, 5) is 27.8. The molecule has 2 aromatic heterocycles. The number of piperidine rings is 1. The van der Waals surface area contributed by atoms with Gasteiger partial charge in [0.25, 0.3) is 5.91 Å². The molecule has 0 saturated carbocycles. The minimum atomic E-state index is -0.640. The van der Waals surface area contributed by atoms with Crippen LogP contribution >= 0.6 is 0 Å². The van der Waals surface area contributed by atoms with Crippen molar-refractivity contribution in [2.75, 3.05) is 18.4 Å². The molecule has 0 aliphatic carbocycles. The van der Waals surface area contributed by atoms with Crippen molar-refractivity contribution < 1.29 is 14.3 Å². The number of carbonyl (C=O) groups is 2. The lowest BCUT2D eigenvalue weighted by atomic mass is 9.91. The molecule has 1 aliphatic heterocycles.